The van der Waals surface area contributed by atoms with Crippen molar-refractivity contribution in [1.82, 2.24) is 9.88 Å². The highest BCUT2D eigenvalue weighted by atomic mass is 79.9. The molecular weight excluding hydrogens is 470 g/mol. The van der Waals surface area contributed by atoms with E-state index in [9.17, 15) is 9.59 Å². The minimum atomic E-state index is -0.458. The first-order chi connectivity index (χ1) is 15.6. The molecule has 7 heteroatoms. The first kappa shape index (κ1) is 22.4. The van der Waals surface area contributed by atoms with Crippen molar-refractivity contribution in [3.8, 4) is 0 Å². The largest absolute Gasteiger partial charge is 0.449 e. The first-order valence-corrected chi connectivity index (χ1v) is 11.7. The van der Waals surface area contributed by atoms with Crippen molar-refractivity contribution in [1.29, 1.82) is 0 Å². The summed E-state index contributed by atoms with van der Waals surface area (Å²) in [6.45, 7) is 2.99. The Hall–Kier alpha value is -2.77. The topological polar surface area (TPSA) is 71.5 Å². The van der Waals surface area contributed by atoms with E-state index in [1.165, 1.54) is 0 Å². The molecule has 1 aliphatic rings. The highest BCUT2D eigenvalue weighted by Crippen LogP contribution is 2.23. The lowest BCUT2D eigenvalue weighted by atomic mass is 9.89. The summed E-state index contributed by atoms with van der Waals surface area (Å²) in [6, 6.07) is 17.0. The van der Waals surface area contributed by atoms with E-state index in [-0.39, 0.29) is 11.7 Å². The summed E-state index contributed by atoms with van der Waals surface area (Å²) >= 11 is 3.41. The quantitative estimate of drug-likeness (QED) is 0.344. The van der Waals surface area contributed by atoms with E-state index in [1.54, 1.807) is 6.20 Å². The van der Waals surface area contributed by atoms with E-state index in [4.69, 9.17) is 4.74 Å². The van der Waals surface area contributed by atoms with E-state index in [1.807, 2.05) is 54.6 Å². The zero-order valence-electron chi connectivity index (χ0n) is 17.8. The highest BCUT2D eigenvalue weighted by Gasteiger charge is 2.25. The summed E-state index contributed by atoms with van der Waals surface area (Å²) in [5, 5.41) is 3.69. The molecule has 166 valence electrons. The normalized spacial score (nSPS) is 14.9. The molecule has 6 nitrogen and oxygen atoms in total. The number of nitrogens with zero attached hydrogens (tertiary/aromatic N) is 2. The Morgan fingerprint density at radius 1 is 1.06 bits per heavy atom. The van der Waals surface area contributed by atoms with Crippen molar-refractivity contribution in [3.63, 3.8) is 0 Å². The summed E-state index contributed by atoms with van der Waals surface area (Å²) in [4.78, 5) is 31.5. The number of anilines is 1. The monoisotopic (exact) mass is 495 g/mol. The van der Waals surface area contributed by atoms with E-state index >= 15 is 0 Å². The van der Waals surface area contributed by atoms with Crippen LogP contribution in [0.15, 0.2) is 65.3 Å². The third kappa shape index (κ3) is 5.72. The second-order valence-electron chi connectivity index (χ2n) is 7.98. The number of likely N-dealkylation sites (tertiary alicyclic amines) is 1. The van der Waals surface area contributed by atoms with Gasteiger partial charge in [-0.2, -0.15) is 0 Å². The summed E-state index contributed by atoms with van der Waals surface area (Å²) < 4.78 is 6.34. The van der Waals surface area contributed by atoms with Crippen LogP contribution in [-0.4, -0.2) is 48.0 Å². The molecule has 0 atom stereocenters. The fourth-order valence-corrected chi connectivity index (χ4v) is 4.34. The van der Waals surface area contributed by atoms with Crippen molar-refractivity contribution >= 4 is 44.4 Å². The molecule has 1 fully saturated rings. The number of fused-ring (bicyclic) bond motifs is 1. The molecular formula is C25H26BrN3O3. The van der Waals surface area contributed by atoms with Crippen LogP contribution in [-0.2, 0) is 4.74 Å². The molecule has 0 unspecified atom stereocenters. The Morgan fingerprint density at radius 2 is 1.84 bits per heavy atom. The molecule has 3 aromatic rings. The number of nitrogens with one attached hydrogen (secondary N) is 1. The standard InChI is InChI=1S/C25H26BrN3O3/c26-20-9-7-18(8-10-20)24(30)19-11-15-29(16-12-19)14-3-17-32-25(31)28-23-6-1-5-22-21(23)4-2-13-27-22/h1-2,4-10,13,19H,3,11-12,14-17H2,(H,28,31). The average molecular weight is 496 g/mol. The molecule has 0 bridgehead atoms. The van der Waals surface area contributed by atoms with Gasteiger partial charge in [0.15, 0.2) is 5.78 Å². The van der Waals surface area contributed by atoms with Crippen LogP contribution < -0.4 is 5.32 Å². The number of hydrogen-bond acceptors (Lipinski definition) is 5. The van der Waals surface area contributed by atoms with Gasteiger partial charge in [-0.05, 0) is 68.8 Å². The zero-order valence-corrected chi connectivity index (χ0v) is 19.4. The number of Topliss-reactive ketones (excluding diaryl/α,β-unsaturated/α-hetero) is 1. The fourth-order valence-electron chi connectivity index (χ4n) is 4.08. The van der Waals surface area contributed by atoms with Crippen molar-refractivity contribution in [3.05, 3.63) is 70.8 Å². The maximum Gasteiger partial charge on any atom is 0.411 e. The van der Waals surface area contributed by atoms with Crippen LogP contribution in [0.2, 0.25) is 0 Å². The number of pyridine rings is 1. The van der Waals surface area contributed by atoms with Crippen LogP contribution in [0, 0.1) is 5.92 Å². The number of aromatic nitrogens is 1. The number of piperidine rings is 1. The van der Waals surface area contributed by atoms with Crippen molar-refractivity contribution in [2.45, 2.75) is 19.3 Å². The number of ketones is 1. The Balaban J connectivity index is 1.16. The van der Waals surface area contributed by atoms with Crippen LogP contribution in [0.5, 0.6) is 0 Å². The number of benzene rings is 2. The molecule has 0 radical (unpaired) electrons. The van der Waals surface area contributed by atoms with Gasteiger partial charge in [0.25, 0.3) is 0 Å². The van der Waals surface area contributed by atoms with Gasteiger partial charge in [0.05, 0.1) is 17.8 Å². The lowest BCUT2D eigenvalue weighted by Crippen LogP contribution is -2.37. The van der Waals surface area contributed by atoms with Gasteiger partial charge in [-0.15, -0.1) is 0 Å². The van der Waals surface area contributed by atoms with Gasteiger partial charge in [-0.25, -0.2) is 4.79 Å². The maximum atomic E-state index is 12.7. The van der Waals surface area contributed by atoms with Gasteiger partial charge < -0.3 is 9.64 Å². The Morgan fingerprint density at radius 3 is 2.62 bits per heavy atom. The van der Waals surface area contributed by atoms with Crippen molar-refractivity contribution in [2.24, 2.45) is 5.92 Å². The summed E-state index contributed by atoms with van der Waals surface area (Å²) in [5.41, 5.74) is 2.30. The first-order valence-electron chi connectivity index (χ1n) is 10.9. The predicted molar refractivity (Wildman–Crippen MR) is 129 cm³/mol. The molecule has 1 amide bonds. The number of rotatable bonds is 7. The zero-order chi connectivity index (χ0) is 22.3. The number of carbonyl (C=O) groups is 2. The molecule has 1 saturated heterocycles. The van der Waals surface area contributed by atoms with Crippen LogP contribution in [0.25, 0.3) is 10.9 Å². The van der Waals surface area contributed by atoms with Gasteiger partial charge in [0.1, 0.15) is 0 Å². The molecule has 0 aliphatic carbocycles. The van der Waals surface area contributed by atoms with Gasteiger partial charge >= 0.3 is 6.09 Å². The Bertz CT molecular complexity index is 1070. The van der Waals surface area contributed by atoms with Crippen LogP contribution in [0.1, 0.15) is 29.6 Å². The molecule has 0 spiro atoms. The molecule has 32 heavy (non-hydrogen) atoms. The van der Waals surface area contributed by atoms with Crippen LogP contribution >= 0.6 is 15.9 Å². The number of amides is 1. The van der Waals surface area contributed by atoms with E-state index < -0.39 is 6.09 Å². The Labute approximate surface area is 196 Å². The molecule has 1 aromatic heterocycles. The maximum absolute atomic E-state index is 12.7. The minimum absolute atomic E-state index is 0.0876. The van der Waals surface area contributed by atoms with Crippen molar-refractivity contribution < 1.29 is 14.3 Å². The molecule has 1 aliphatic heterocycles. The van der Waals surface area contributed by atoms with E-state index in [0.717, 1.165) is 59.8 Å². The van der Waals surface area contributed by atoms with Crippen molar-refractivity contribution in [2.75, 3.05) is 31.6 Å². The molecule has 0 saturated carbocycles. The molecule has 4 rings (SSSR count). The highest BCUT2D eigenvalue weighted by molar-refractivity contribution is 9.10. The average Bonchev–Trinajstić information content (AvgIpc) is 2.82. The molecule has 2 aromatic carbocycles. The van der Waals surface area contributed by atoms with Gasteiger partial charge in [0.2, 0.25) is 0 Å². The van der Waals surface area contributed by atoms with Gasteiger partial charge in [-0.1, -0.05) is 34.1 Å². The number of ether oxygens (including phenoxy) is 1. The summed E-state index contributed by atoms with van der Waals surface area (Å²) in [6.07, 6.45) is 3.76. The Kier molecular flexibility index (Phi) is 7.50. The van der Waals surface area contributed by atoms with Crippen LogP contribution in [0.4, 0.5) is 10.5 Å². The summed E-state index contributed by atoms with van der Waals surface area (Å²) in [7, 11) is 0. The second-order valence-corrected chi connectivity index (χ2v) is 8.89. The van der Waals surface area contributed by atoms with Crippen LogP contribution in [0.3, 0.4) is 0 Å². The molecule has 1 N–H and O–H groups in total. The number of carbonyl (C=O) groups excluding carboxylic acids is 2. The second kappa shape index (κ2) is 10.7. The SMILES string of the molecule is O=C(Nc1cccc2ncccc12)OCCCN1CCC(C(=O)c2ccc(Br)cc2)CC1. The third-order valence-electron chi connectivity index (χ3n) is 5.82. The predicted octanol–water partition coefficient (Wildman–Crippen LogP) is 5.53. The van der Waals surface area contributed by atoms with Gasteiger partial charge in [0, 0.05) is 34.1 Å². The smallest absolute Gasteiger partial charge is 0.411 e. The fraction of sp³-hybridized carbons (Fsp3) is 0.320. The number of hydrogen-bond donors (Lipinski definition) is 1. The van der Waals surface area contributed by atoms with Gasteiger partial charge in [-0.3, -0.25) is 15.1 Å². The van der Waals surface area contributed by atoms with E-state index in [2.05, 4.69) is 31.1 Å². The third-order valence-corrected chi connectivity index (χ3v) is 6.35. The number of halogens is 1. The lowest BCUT2D eigenvalue weighted by molar-refractivity contribution is 0.0830. The summed E-state index contributed by atoms with van der Waals surface area (Å²) in [5.74, 6) is 0.324. The van der Waals surface area contributed by atoms with E-state index in [0.29, 0.717) is 12.3 Å². The molecule has 2 heterocycles. The minimum Gasteiger partial charge on any atom is -0.449 e. The lowest BCUT2D eigenvalue weighted by Gasteiger charge is -2.31.